The summed E-state index contributed by atoms with van der Waals surface area (Å²) in [5.74, 6) is 0.467. The second-order valence-corrected chi connectivity index (χ2v) is 3.82. The smallest absolute Gasteiger partial charge is 0.269 e. The van der Waals surface area contributed by atoms with Crippen molar-refractivity contribution in [3.8, 4) is 0 Å². The Bertz CT molecular complexity index is 533. The summed E-state index contributed by atoms with van der Waals surface area (Å²) in [5, 5.41) is 6.86. The molecule has 7 heteroatoms. The lowest BCUT2D eigenvalue weighted by Gasteiger charge is -2.03. The van der Waals surface area contributed by atoms with Crippen LogP contribution in [0.25, 0.3) is 0 Å². The molecule has 0 bridgehead atoms. The van der Waals surface area contributed by atoms with Crippen molar-refractivity contribution in [1.82, 2.24) is 25.1 Å². The number of aryl methyl sites for hydroxylation is 1. The number of rotatable bonds is 4. The van der Waals surface area contributed by atoms with Crippen LogP contribution < -0.4 is 11.1 Å². The van der Waals surface area contributed by atoms with Crippen LogP contribution in [0.3, 0.4) is 0 Å². The van der Waals surface area contributed by atoms with Gasteiger partial charge in [0.25, 0.3) is 5.91 Å². The third-order valence-electron chi connectivity index (χ3n) is 2.30. The lowest BCUT2D eigenvalue weighted by Crippen LogP contribution is -2.26. The van der Waals surface area contributed by atoms with E-state index in [0.29, 0.717) is 30.2 Å². The Hall–Kier alpha value is -2.44. The molecule has 2 heterocycles. The molecule has 0 unspecified atom stereocenters. The highest BCUT2D eigenvalue weighted by atomic mass is 16.1. The number of nitrogens with two attached hydrogens (primary N) is 1. The number of nitrogens with one attached hydrogen (secondary N) is 1. The van der Waals surface area contributed by atoms with E-state index >= 15 is 0 Å². The number of carbonyl (C=O) groups excluding carboxylic acids is 1. The summed E-state index contributed by atoms with van der Waals surface area (Å²) in [6, 6.07) is 3.23. The first-order valence-corrected chi connectivity index (χ1v) is 5.49. The number of anilines is 1. The molecular weight excluding hydrogens is 232 g/mol. The van der Waals surface area contributed by atoms with Crippen LogP contribution in [0.1, 0.15) is 16.3 Å². The highest BCUT2D eigenvalue weighted by molar-refractivity contribution is 5.92. The Morgan fingerprint density at radius 1 is 1.44 bits per heavy atom. The van der Waals surface area contributed by atoms with Crippen LogP contribution in [-0.4, -0.2) is 32.2 Å². The van der Waals surface area contributed by atoms with Gasteiger partial charge < -0.3 is 11.1 Å². The molecule has 7 nitrogen and oxygen atoms in total. The van der Waals surface area contributed by atoms with Gasteiger partial charge in [0.1, 0.15) is 12.0 Å². The normalized spacial score (nSPS) is 10.3. The molecule has 0 fully saturated rings. The maximum atomic E-state index is 11.7. The van der Waals surface area contributed by atoms with Gasteiger partial charge in [-0.15, -0.1) is 0 Å². The van der Waals surface area contributed by atoms with Crippen LogP contribution >= 0.6 is 0 Å². The number of hydrogen-bond donors (Lipinski definition) is 2. The van der Waals surface area contributed by atoms with Gasteiger partial charge in [-0.25, -0.2) is 9.97 Å². The van der Waals surface area contributed by atoms with E-state index < -0.39 is 0 Å². The van der Waals surface area contributed by atoms with Crippen LogP contribution in [-0.2, 0) is 13.5 Å². The molecule has 0 aliphatic heterocycles. The van der Waals surface area contributed by atoms with E-state index in [0.717, 1.165) is 0 Å². The van der Waals surface area contributed by atoms with Crippen molar-refractivity contribution in [3.63, 3.8) is 0 Å². The van der Waals surface area contributed by atoms with E-state index in [1.807, 2.05) is 0 Å². The van der Waals surface area contributed by atoms with Gasteiger partial charge in [0.15, 0.2) is 5.82 Å². The zero-order valence-electron chi connectivity index (χ0n) is 10.00. The van der Waals surface area contributed by atoms with Crippen LogP contribution in [0.15, 0.2) is 24.7 Å². The van der Waals surface area contributed by atoms with Crippen molar-refractivity contribution in [2.75, 3.05) is 12.3 Å². The Labute approximate surface area is 104 Å². The molecule has 2 rings (SSSR count). The first-order chi connectivity index (χ1) is 8.65. The van der Waals surface area contributed by atoms with Crippen molar-refractivity contribution in [3.05, 3.63) is 36.2 Å². The molecule has 0 radical (unpaired) electrons. The maximum absolute atomic E-state index is 11.7. The van der Waals surface area contributed by atoms with Crippen LogP contribution in [0.4, 0.5) is 5.69 Å². The van der Waals surface area contributed by atoms with E-state index in [-0.39, 0.29) is 5.91 Å². The number of pyridine rings is 1. The SMILES string of the molecule is Cn1cnc(CCNC(=O)c2ccc(N)cn2)n1. The zero-order valence-corrected chi connectivity index (χ0v) is 10.00. The molecule has 0 atom stereocenters. The highest BCUT2D eigenvalue weighted by Crippen LogP contribution is 2.00. The first-order valence-electron chi connectivity index (χ1n) is 5.49. The van der Waals surface area contributed by atoms with Gasteiger partial charge in [-0.2, -0.15) is 5.10 Å². The van der Waals surface area contributed by atoms with E-state index in [9.17, 15) is 4.79 Å². The fraction of sp³-hybridized carbons (Fsp3) is 0.273. The number of nitrogen functional groups attached to an aromatic ring is 1. The fourth-order valence-corrected chi connectivity index (χ4v) is 1.42. The third kappa shape index (κ3) is 3.03. The molecular formula is C11H14N6O. The van der Waals surface area contributed by atoms with Gasteiger partial charge in [0, 0.05) is 20.0 Å². The van der Waals surface area contributed by atoms with E-state index in [1.165, 1.54) is 6.20 Å². The predicted octanol–water partition coefficient (Wildman–Crippen LogP) is -0.235. The molecule has 0 aliphatic carbocycles. The number of hydrogen-bond acceptors (Lipinski definition) is 5. The summed E-state index contributed by atoms with van der Waals surface area (Å²) in [6.45, 7) is 0.467. The third-order valence-corrected chi connectivity index (χ3v) is 2.30. The number of carbonyl (C=O) groups is 1. The van der Waals surface area contributed by atoms with Crippen molar-refractivity contribution < 1.29 is 4.79 Å². The van der Waals surface area contributed by atoms with E-state index in [4.69, 9.17) is 5.73 Å². The Kier molecular flexibility index (Phi) is 3.52. The summed E-state index contributed by atoms with van der Waals surface area (Å²) in [6.07, 6.45) is 3.66. The van der Waals surface area contributed by atoms with Gasteiger partial charge in [0.05, 0.1) is 11.9 Å². The minimum Gasteiger partial charge on any atom is -0.397 e. The van der Waals surface area contributed by atoms with Gasteiger partial charge in [-0.3, -0.25) is 9.48 Å². The molecule has 0 spiro atoms. The summed E-state index contributed by atoms with van der Waals surface area (Å²) < 4.78 is 1.62. The first kappa shape index (κ1) is 12.0. The van der Waals surface area contributed by atoms with Crippen LogP contribution in [0.5, 0.6) is 0 Å². The highest BCUT2D eigenvalue weighted by Gasteiger charge is 2.06. The average molecular weight is 246 g/mol. The number of nitrogens with zero attached hydrogens (tertiary/aromatic N) is 4. The van der Waals surface area contributed by atoms with Crippen molar-refractivity contribution in [2.24, 2.45) is 7.05 Å². The van der Waals surface area contributed by atoms with Crippen molar-refractivity contribution in [1.29, 1.82) is 0 Å². The lowest BCUT2D eigenvalue weighted by atomic mass is 10.3. The zero-order chi connectivity index (χ0) is 13.0. The Morgan fingerprint density at radius 3 is 2.89 bits per heavy atom. The molecule has 2 aromatic heterocycles. The minimum atomic E-state index is -0.231. The number of aromatic nitrogens is 4. The maximum Gasteiger partial charge on any atom is 0.269 e. The predicted molar refractivity (Wildman–Crippen MR) is 65.7 cm³/mol. The van der Waals surface area contributed by atoms with Gasteiger partial charge in [-0.05, 0) is 12.1 Å². The second-order valence-electron chi connectivity index (χ2n) is 3.82. The quantitative estimate of drug-likeness (QED) is 0.776. The topological polar surface area (TPSA) is 98.7 Å². The Balaban J connectivity index is 1.83. The Morgan fingerprint density at radius 2 is 2.28 bits per heavy atom. The largest absolute Gasteiger partial charge is 0.397 e. The van der Waals surface area contributed by atoms with Gasteiger partial charge >= 0.3 is 0 Å². The fourth-order valence-electron chi connectivity index (χ4n) is 1.42. The molecule has 1 amide bonds. The molecule has 2 aromatic rings. The van der Waals surface area contributed by atoms with E-state index in [2.05, 4.69) is 20.4 Å². The second kappa shape index (κ2) is 5.26. The van der Waals surface area contributed by atoms with Crippen LogP contribution in [0, 0.1) is 0 Å². The summed E-state index contributed by atoms with van der Waals surface area (Å²) in [4.78, 5) is 19.7. The van der Waals surface area contributed by atoms with Gasteiger partial charge in [0.2, 0.25) is 0 Å². The molecule has 0 aromatic carbocycles. The summed E-state index contributed by atoms with van der Waals surface area (Å²) >= 11 is 0. The van der Waals surface area contributed by atoms with Crippen molar-refractivity contribution in [2.45, 2.75) is 6.42 Å². The lowest BCUT2D eigenvalue weighted by molar-refractivity contribution is 0.0949. The molecule has 0 saturated heterocycles. The molecule has 3 N–H and O–H groups in total. The van der Waals surface area contributed by atoms with Crippen molar-refractivity contribution >= 4 is 11.6 Å². The standard InChI is InChI=1S/C11H14N6O/c1-17-7-15-10(16-17)4-5-13-11(18)9-3-2-8(12)6-14-9/h2-3,6-7H,4-5,12H2,1H3,(H,13,18). The average Bonchev–Trinajstić information content (AvgIpc) is 2.76. The molecule has 94 valence electrons. The monoisotopic (exact) mass is 246 g/mol. The molecule has 0 saturated carbocycles. The summed E-state index contributed by atoms with van der Waals surface area (Å²) in [5.41, 5.74) is 6.37. The molecule has 0 aliphatic rings. The number of amides is 1. The van der Waals surface area contributed by atoms with Crippen LogP contribution in [0.2, 0.25) is 0 Å². The van der Waals surface area contributed by atoms with E-state index in [1.54, 1.807) is 30.2 Å². The summed E-state index contributed by atoms with van der Waals surface area (Å²) in [7, 11) is 1.80. The minimum absolute atomic E-state index is 0.231. The van der Waals surface area contributed by atoms with Gasteiger partial charge in [-0.1, -0.05) is 0 Å². The molecule has 18 heavy (non-hydrogen) atoms.